The number of aliphatic hydroxyl groups excluding tert-OH is 2. The van der Waals surface area contributed by atoms with E-state index in [-0.39, 0.29) is 99.0 Å². The minimum atomic E-state index is -4.94. The van der Waals surface area contributed by atoms with E-state index in [0.29, 0.717) is 78.8 Å². The molecule has 12 heterocycles. The maximum absolute atomic E-state index is 15.5. The molecule has 20 nitrogen and oxygen atoms in total. The van der Waals surface area contributed by atoms with Gasteiger partial charge in [0.05, 0.1) is 100 Å². The lowest BCUT2D eigenvalue weighted by Gasteiger charge is -2.41. The summed E-state index contributed by atoms with van der Waals surface area (Å²) in [6.07, 6.45) is -1.73. The number of anilines is 6. The lowest BCUT2D eigenvalue weighted by atomic mass is 10.0. The molecule has 4 N–H and O–H groups in total. The van der Waals surface area contributed by atoms with E-state index in [1.54, 1.807) is 19.1 Å². The zero-order valence-corrected chi connectivity index (χ0v) is 52.9. The average molecular weight is 1340 g/mol. The van der Waals surface area contributed by atoms with Gasteiger partial charge in [-0.1, -0.05) is 0 Å². The predicted molar refractivity (Wildman–Crippen MR) is 328 cm³/mol. The number of fused-ring (bicyclic) bond motifs is 7. The lowest BCUT2D eigenvalue weighted by Crippen LogP contribution is -2.54. The van der Waals surface area contributed by atoms with Gasteiger partial charge in [0.25, 0.3) is 0 Å². The molecule has 3 saturated carbocycles. The Bertz CT molecular complexity index is 4040. The van der Waals surface area contributed by atoms with E-state index in [1.165, 1.54) is 12.1 Å². The molecule has 486 valence electrons. The van der Waals surface area contributed by atoms with Crippen molar-refractivity contribution < 1.29 is 62.9 Å². The highest BCUT2D eigenvalue weighted by atomic mass is 32.2. The Morgan fingerprint density at radius 3 is 1.98 bits per heavy atom. The van der Waals surface area contributed by atoms with Crippen molar-refractivity contribution in [1.29, 1.82) is 0 Å². The second-order valence-corrected chi connectivity index (χ2v) is 32.2. The monoisotopic (exact) mass is 1340 g/mol. The number of hydrogen-bond acceptors (Lipinski definition) is 22. The molecule has 3 aliphatic carbocycles. The number of aromatic nitrogens is 6. The van der Waals surface area contributed by atoms with Gasteiger partial charge >= 0.3 is 12.4 Å². The van der Waals surface area contributed by atoms with E-state index in [9.17, 15) is 31.8 Å². The molecule has 0 aromatic carbocycles. The molecule has 91 heavy (non-hydrogen) atoms. The number of likely N-dealkylation sites (tertiary alicyclic amines) is 1. The van der Waals surface area contributed by atoms with Crippen LogP contribution < -0.4 is 20.4 Å². The minimum absolute atomic E-state index is 0.0271. The van der Waals surface area contributed by atoms with Crippen LogP contribution >= 0.6 is 22.7 Å². The molecular formula is C61H68F6N12O8S4. The summed E-state index contributed by atoms with van der Waals surface area (Å²) in [5.74, 6) is 0.113. The number of alkyl halides is 6. The second-order valence-electron chi connectivity index (χ2n) is 25.8. The third-order valence-corrected chi connectivity index (χ3v) is 26.7. The number of nitrogens with one attached hydrogen (secondary N) is 2. The number of halogens is 6. The number of hydrogen-bond donors (Lipinski definition) is 4. The molecule has 0 amide bonds. The number of sulfone groups is 2. The van der Waals surface area contributed by atoms with Crippen molar-refractivity contribution >= 4 is 77.3 Å². The number of rotatable bonds is 16. The standard InChI is InChI=1S/C61H68F6N12O8S4/c1-32-55-46(90(82,83)20-19-86-32)23-44(88-55)53-40(60(62,63)64)25-69-58(74-53)71-43-8-10-50(78-28-35-5-6-36(29-78)79(35)14-2-17-80)73-52(43)39-22-38(39)48-31-87-59(12-13-59)56-47(91(48,84)85)24-45(89-56)54-41(61(65,66)67)26-68-57(75-54)70-42-7-9-49(72-51(42)34-3-4-34)77-15-11-33-21-37(30-77)76(27-33)16-18-81/h7-10,23-26,32-39,48,80-81H,2-6,11-22,27-31H2,1H3,(H,68,70,75)(H,69,71,74)/t32-,33?,35?,36?,37?,38?,39?,48?/m0/s1. The average Bonchev–Trinajstić information content (AvgIpc) is 1.55. The van der Waals surface area contributed by atoms with Crippen molar-refractivity contribution in [3.63, 3.8) is 0 Å². The number of aliphatic hydroxyl groups is 2. The number of pyridine rings is 2. The smallest absolute Gasteiger partial charge is 0.396 e. The summed E-state index contributed by atoms with van der Waals surface area (Å²) in [6.45, 7) is 6.66. The first kappa shape index (κ1) is 61.5. The summed E-state index contributed by atoms with van der Waals surface area (Å²) in [4.78, 5) is 37.1. The van der Waals surface area contributed by atoms with Crippen LogP contribution in [0.2, 0.25) is 0 Å². The SMILES string of the molecule is C[C@@H]1OCCS(=O)(=O)c2cc(-c3nc(Nc4ccc(N5CC6CCC(C5)N6CCCO)nc4C4CC4C4COC5(CC5)c5sc(-c6nc(Nc7ccc(N8CCC9CC(C8)N(CCO)C9)nc7C7CC7)ncc6C(F)(F)F)cc5S4(=O)=O)ncc3C(F)(F)F)sc21. The molecule has 6 aliphatic heterocycles. The molecule has 8 atom stereocenters. The Morgan fingerprint density at radius 1 is 0.714 bits per heavy atom. The van der Waals surface area contributed by atoms with Crippen LogP contribution in [0.1, 0.15) is 121 Å². The van der Waals surface area contributed by atoms with Gasteiger partial charge in [-0.3, -0.25) is 9.80 Å². The summed E-state index contributed by atoms with van der Waals surface area (Å²) >= 11 is 1.76. The van der Waals surface area contributed by atoms with Crippen LogP contribution in [0, 0.1) is 11.8 Å². The molecule has 0 radical (unpaired) electrons. The summed E-state index contributed by atoms with van der Waals surface area (Å²) < 4.78 is 160. The Morgan fingerprint density at radius 2 is 1.34 bits per heavy atom. The lowest BCUT2D eigenvalue weighted by molar-refractivity contribution is -0.138. The van der Waals surface area contributed by atoms with E-state index in [4.69, 9.17) is 19.4 Å². The third kappa shape index (κ3) is 11.6. The summed E-state index contributed by atoms with van der Waals surface area (Å²) in [6, 6.07) is 10.4. The maximum Gasteiger partial charge on any atom is 0.420 e. The number of piperazine rings is 1. The molecule has 6 aromatic rings. The fraction of sp³-hybridized carbons (Fsp3) is 0.574. The van der Waals surface area contributed by atoms with Crippen LogP contribution in [0.15, 0.2) is 58.6 Å². The Balaban J connectivity index is 0.748. The van der Waals surface area contributed by atoms with Crippen molar-refractivity contribution in [3.8, 4) is 21.1 Å². The third-order valence-electron chi connectivity index (χ3n) is 19.9. The number of nitrogens with zero attached hydrogens (tertiary/aromatic N) is 10. The van der Waals surface area contributed by atoms with Gasteiger partial charge in [0.2, 0.25) is 11.9 Å². The van der Waals surface area contributed by atoms with E-state index >= 15 is 21.6 Å². The van der Waals surface area contributed by atoms with Gasteiger partial charge in [-0.05, 0) is 119 Å². The van der Waals surface area contributed by atoms with Gasteiger partial charge < -0.3 is 40.1 Å². The van der Waals surface area contributed by atoms with Gasteiger partial charge in [-0.15, -0.1) is 22.7 Å². The van der Waals surface area contributed by atoms with Gasteiger partial charge in [0.15, 0.2) is 19.7 Å². The summed E-state index contributed by atoms with van der Waals surface area (Å²) in [7, 11) is -8.30. The summed E-state index contributed by atoms with van der Waals surface area (Å²) in [5.41, 5.74) is -2.43. The van der Waals surface area contributed by atoms with E-state index in [2.05, 4.69) is 50.2 Å². The van der Waals surface area contributed by atoms with Crippen LogP contribution in [0.4, 0.5) is 61.2 Å². The molecule has 9 aliphatic rings. The predicted octanol–water partition coefficient (Wildman–Crippen LogP) is 9.67. The highest BCUT2D eigenvalue weighted by Gasteiger charge is 2.59. The maximum atomic E-state index is 15.5. The zero-order valence-electron chi connectivity index (χ0n) is 49.6. The Kier molecular flexibility index (Phi) is 15.6. The van der Waals surface area contributed by atoms with Crippen molar-refractivity contribution in [2.24, 2.45) is 11.8 Å². The van der Waals surface area contributed by atoms with Crippen LogP contribution in [0.5, 0.6) is 0 Å². The first-order valence-corrected chi connectivity index (χ1v) is 36.1. The van der Waals surface area contributed by atoms with Gasteiger partial charge in [0.1, 0.15) is 28.4 Å². The van der Waals surface area contributed by atoms with E-state index in [0.717, 1.165) is 105 Å². The molecule has 7 fully saturated rings. The van der Waals surface area contributed by atoms with Crippen molar-refractivity contribution in [2.45, 2.75) is 140 Å². The number of β-amino-alcohol motifs (C(OH)–C–C–N with tert-alkyl or cyclic N) is 1. The van der Waals surface area contributed by atoms with Crippen LogP contribution in [-0.2, 0) is 47.1 Å². The van der Waals surface area contributed by atoms with Crippen LogP contribution in [0.25, 0.3) is 21.1 Å². The highest BCUT2D eigenvalue weighted by molar-refractivity contribution is 7.92. The zero-order chi connectivity index (χ0) is 63.1. The molecule has 6 aromatic heterocycles. The Hall–Kier alpha value is -5.70. The number of thiophene rings is 2. The number of ether oxygens (including phenoxy) is 2. The molecule has 15 rings (SSSR count). The molecule has 4 saturated heterocycles. The molecular weight excluding hydrogens is 1270 g/mol. The Labute approximate surface area is 529 Å². The molecule has 1 spiro atoms. The highest BCUT2D eigenvalue weighted by Crippen LogP contribution is 2.61. The fourth-order valence-electron chi connectivity index (χ4n) is 14.8. The first-order chi connectivity index (χ1) is 43.6. The minimum Gasteiger partial charge on any atom is -0.396 e. The van der Waals surface area contributed by atoms with Gasteiger partial charge in [-0.2, -0.15) is 26.3 Å². The van der Waals surface area contributed by atoms with Crippen LogP contribution in [0.3, 0.4) is 0 Å². The topological polar surface area (TPSA) is 242 Å². The van der Waals surface area contributed by atoms with E-state index < -0.39 is 83.3 Å². The van der Waals surface area contributed by atoms with Crippen molar-refractivity contribution in [2.75, 3.05) is 98.4 Å². The normalized spacial score (nSPS) is 27.5. The quantitative estimate of drug-likeness (QED) is 0.0659. The fourth-order valence-corrected chi connectivity index (χ4v) is 21.7. The first-order valence-electron chi connectivity index (χ1n) is 31.2. The molecule has 7 unspecified atom stereocenters. The van der Waals surface area contributed by atoms with E-state index in [1.807, 2.05) is 12.1 Å². The second kappa shape index (κ2) is 23.1. The molecule has 4 bridgehead atoms. The van der Waals surface area contributed by atoms with Gasteiger partial charge in [-0.25, -0.2) is 46.7 Å². The largest absolute Gasteiger partial charge is 0.420 e. The van der Waals surface area contributed by atoms with Crippen molar-refractivity contribution in [1.82, 2.24) is 39.7 Å². The molecule has 30 heteroatoms. The van der Waals surface area contributed by atoms with Crippen molar-refractivity contribution in [3.05, 3.63) is 81.1 Å². The van der Waals surface area contributed by atoms with Gasteiger partial charge in [0, 0.05) is 94.8 Å². The summed E-state index contributed by atoms with van der Waals surface area (Å²) in [5, 5.41) is 24.5. The van der Waals surface area contributed by atoms with Crippen LogP contribution in [-0.4, -0.2) is 168 Å².